The van der Waals surface area contributed by atoms with Crippen molar-refractivity contribution in [3.05, 3.63) is 29.8 Å². The number of unbranched alkanes of at least 4 members (excludes halogenated alkanes) is 1. The number of carbonyl (C=O) groups excluding carboxylic acids is 1. The fourth-order valence-corrected chi connectivity index (χ4v) is 2.12. The fraction of sp³-hybridized carbons (Fsp3) is 0.588. The summed E-state index contributed by atoms with van der Waals surface area (Å²) in [4.78, 5) is 11.4. The minimum absolute atomic E-state index is 0.328. The topological polar surface area (TPSA) is 64.3 Å². The molecule has 1 amide bonds. The standard InChI is InChI=1S/C17H28N2O2/c1-4-5-7-14-8-10-15(11-9-14)21-13-6-12-17(2,19-3)16(18)20/h8-11,19H,4-7,12-13H2,1-3H3,(H2,18,20). The van der Waals surface area contributed by atoms with E-state index in [2.05, 4.69) is 24.4 Å². The van der Waals surface area contributed by atoms with E-state index in [0.29, 0.717) is 13.0 Å². The van der Waals surface area contributed by atoms with Crippen LogP contribution >= 0.6 is 0 Å². The van der Waals surface area contributed by atoms with Crippen LogP contribution in [0.3, 0.4) is 0 Å². The highest BCUT2D eigenvalue weighted by atomic mass is 16.5. The van der Waals surface area contributed by atoms with Crippen molar-refractivity contribution in [1.29, 1.82) is 0 Å². The molecule has 1 rings (SSSR count). The Hall–Kier alpha value is -1.55. The molecule has 21 heavy (non-hydrogen) atoms. The van der Waals surface area contributed by atoms with Crippen LogP contribution in [0.2, 0.25) is 0 Å². The van der Waals surface area contributed by atoms with Crippen molar-refractivity contribution in [2.24, 2.45) is 5.73 Å². The van der Waals surface area contributed by atoms with Crippen molar-refractivity contribution in [2.45, 2.75) is 51.5 Å². The van der Waals surface area contributed by atoms with E-state index in [1.165, 1.54) is 18.4 Å². The number of aryl methyl sites for hydroxylation is 1. The lowest BCUT2D eigenvalue weighted by Gasteiger charge is -2.25. The van der Waals surface area contributed by atoms with Gasteiger partial charge in [0.15, 0.2) is 0 Å². The molecule has 1 atom stereocenters. The van der Waals surface area contributed by atoms with Gasteiger partial charge in [0.25, 0.3) is 0 Å². The number of amides is 1. The van der Waals surface area contributed by atoms with Crippen molar-refractivity contribution < 1.29 is 9.53 Å². The number of benzene rings is 1. The molecule has 0 aliphatic carbocycles. The Morgan fingerprint density at radius 1 is 1.29 bits per heavy atom. The van der Waals surface area contributed by atoms with Gasteiger partial charge in [0, 0.05) is 0 Å². The Balaban J connectivity index is 2.34. The highest BCUT2D eigenvalue weighted by Gasteiger charge is 2.27. The molecular formula is C17H28N2O2. The Bertz CT molecular complexity index is 431. The second-order valence-electron chi connectivity index (χ2n) is 5.65. The molecule has 118 valence electrons. The van der Waals surface area contributed by atoms with Gasteiger partial charge in [0.05, 0.1) is 12.1 Å². The van der Waals surface area contributed by atoms with E-state index in [9.17, 15) is 4.79 Å². The minimum atomic E-state index is -0.659. The summed E-state index contributed by atoms with van der Waals surface area (Å²) in [5, 5.41) is 2.97. The van der Waals surface area contributed by atoms with Crippen LogP contribution in [0.4, 0.5) is 0 Å². The lowest BCUT2D eigenvalue weighted by molar-refractivity contribution is -0.123. The number of ether oxygens (including phenoxy) is 1. The van der Waals surface area contributed by atoms with Gasteiger partial charge in [0.1, 0.15) is 5.75 Å². The molecule has 0 aliphatic rings. The maximum atomic E-state index is 11.4. The van der Waals surface area contributed by atoms with Gasteiger partial charge < -0.3 is 15.8 Å². The Kier molecular flexibility index (Phi) is 7.23. The predicted molar refractivity (Wildman–Crippen MR) is 86.4 cm³/mol. The fourth-order valence-electron chi connectivity index (χ4n) is 2.12. The first-order valence-electron chi connectivity index (χ1n) is 7.72. The molecule has 0 aliphatic heterocycles. The largest absolute Gasteiger partial charge is 0.494 e. The second-order valence-corrected chi connectivity index (χ2v) is 5.65. The second kappa shape index (κ2) is 8.67. The van der Waals surface area contributed by atoms with Crippen LogP contribution in [0.15, 0.2) is 24.3 Å². The third-order valence-corrected chi connectivity index (χ3v) is 3.93. The molecule has 1 aromatic rings. The van der Waals surface area contributed by atoms with E-state index < -0.39 is 5.54 Å². The zero-order chi connectivity index (χ0) is 15.7. The number of primary amides is 1. The number of likely N-dealkylation sites (N-methyl/N-ethyl adjacent to an activating group) is 1. The summed E-state index contributed by atoms with van der Waals surface area (Å²) in [6.45, 7) is 4.60. The monoisotopic (exact) mass is 292 g/mol. The van der Waals surface area contributed by atoms with E-state index in [1.54, 1.807) is 7.05 Å². The summed E-state index contributed by atoms with van der Waals surface area (Å²) < 4.78 is 5.71. The zero-order valence-corrected chi connectivity index (χ0v) is 13.4. The van der Waals surface area contributed by atoms with E-state index >= 15 is 0 Å². The molecule has 3 N–H and O–H groups in total. The molecule has 0 saturated heterocycles. The van der Waals surface area contributed by atoms with Crippen LogP contribution < -0.4 is 15.8 Å². The van der Waals surface area contributed by atoms with Crippen LogP contribution in [-0.2, 0) is 11.2 Å². The molecule has 0 bridgehead atoms. The van der Waals surface area contributed by atoms with E-state index in [1.807, 2.05) is 19.1 Å². The lowest BCUT2D eigenvalue weighted by Crippen LogP contribution is -2.51. The van der Waals surface area contributed by atoms with Crippen molar-refractivity contribution in [1.82, 2.24) is 5.32 Å². The van der Waals surface area contributed by atoms with Crippen molar-refractivity contribution in [3.8, 4) is 5.75 Å². The van der Waals surface area contributed by atoms with Crippen LogP contribution in [0.25, 0.3) is 0 Å². The number of nitrogens with two attached hydrogens (primary N) is 1. The summed E-state index contributed by atoms with van der Waals surface area (Å²) >= 11 is 0. The SMILES string of the molecule is CCCCc1ccc(OCCCC(C)(NC)C(N)=O)cc1. The van der Waals surface area contributed by atoms with E-state index in [-0.39, 0.29) is 5.91 Å². The number of carbonyl (C=O) groups is 1. The summed E-state index contributed by atoms with van der Waals surface area (Å²) in [5.74, 6) is 0.547. The first-order chi connectivity index (χ1) is 10.0. The molecule has 0 radical (unpaired) electrons. The van der Waals surface area contributed by atoms with Crippen LogP contribution in [0.5, 0.6) is 5.75 Å². The van der Waals surface area contributed by atoms with E-state index in [4.69, 9.17) is 10.5 Å². The molecule has 0 saturated carbocycles. The molecule has 0 heterocycles. The number of nitrogens with one attached hydrogen (secondary N) is 1. The average molecular weight is 292 g/mol. The summed E-state index contributed by atoms with van der Waals surface area (Å²) in [7, 11) is 1.75. The Morgan fingerprint density at radius 3 is 2.48 bits per heavy atom. The smallest absolute Gasteiger partial charge is 0.237 e. The summed E-state index contributed by atoms with van der Waals surface area (Å²) in [6.07, 6.45) is 4.99. The first kappa shape index (κ1) is 17.5. The van der Waals surface area contributed by atoms with Crippen molar-refractivity contribution in [3.63, 3.8) is 0 Å². The number of rotatable bonds is 10. The minimum Gasteiger partial charge on any atom is -0.494 e. The normalized spacial score (nSPS) is 13.7. The van der Waals surface area contributed by atoms with Gasteiger partial charge in [0.2, 0.25) is 5.91 Å². The molecule has 1 aromatic carbocycles. The first-order valence-corrected chi connectivity index (χ1v) is 7.72. The molecular weight excluding hydrogens is 264 g/mol. The van der Waals surface area contributed by atoms with Gasteiger partial charge in [-0.05, 0) is 57.4 Å². The highest BCUT2D eigenvalue weighted by molar-refractivity contribution is 5.84. The molecule has 4 nitrogen and oxygen atoms in total. The number of hydrogen-bond acceptors (Lipinski definition) is 3. The predicted octanol–water partition coefficient (Wildman–Crippen LogP) is 2.65. The summed E-state index contributed by atoms with van der Waals surface area (Å²) in [6, 6.07) is 8.25. The van der Waals surface area contributed by atoms with E-state index in [0.717, 1.165) is 18.6 Å². The third kappa shape index (κ3) is 5.76. The molecule has 0 aromatic heterocycles. The van der Waals surface area contributed by atoms with Gasteiger partial charge in [-0.3, -0.25) is 4.79 Å². The van der Waals surface area contributed by atoms with Gasteiger partial charge >= 0.3 is 0 Å². The molecule has 0 spiro atoms. The highest BCUT2D eigenvalue weighted by Crippen LogP contribution is 2.16. The molecule has 4 heteroatoms. The lowest BCUT2D eigenvalue weighted by atomic mass is 9.95. The van der Waals surface area contributed by atoms with Crippen molar-refractivity contribution in [2.75, 3.05) is 13.7 Å². The molecule has 1 unspecified atom stereocenters. The maximum absolute atomic E-state index is 11.4. The number of hydrogen-bond donors (Lipinski definition) is 2. The Labute approximate surface area is 128 Å². The maximum Gasteiger partial charge on any atom is 0.237 e. The van der Waals surface area contributed by atoms with Crippen molar-refractivity contribution >= 4 is 5.91 Å². The zero-order valence-electron chi connectivity index (χ0n) is 13.4. The molecule has 0 fully saturated rings. The van der Waals surface area contributed by atoms with Gasteiger partial charge in [-0.15, -0.1) is 0 Å². The average Bonchev–Trinajstić information content (AvgIpc) is 2.50. The van der Waals surface area contributed by atoms with Crippen LogP contribution in [0, 0.1) is 0 Å². The van der Waals surface area contributed by atoms with Gasteiger partial charge in [-0.25, -0.2) is 0 Å². The quantitative estimate of drug-likeness (QED) is 0.652. The summed E-state index contributed by atoms with van der Waals surface area (Å²) in [5.41, 5.74) is 6.08. The van der Waals surface area contributed by atoms with Gasteiger partial charge in [-0.2, -0.15) is 0 Å². The van der Waals surface area contributed by atoms with Crippen LogP contribution in [-0.4, -0.2) is 25.1 Å². The Morgan fingerprint density at radius 2 is 1.95 bits per heavy atom. The third-order valence-electron chi connectivity index (χ3n) is 3.93. The van der Waals surface area contributed by atoms with Crippen LogP contribution in [0.1, 0.15) is 45.1 Å². The van der Waals surface area contributed by atoms with Gasteiger partial charge in [-0.1, -0.05) is 25.5 Å².